The fourth-order valence-electron chi connectivity index (χ4n) is 2.25. The molecule has 0 radical (unpaired) electrons. The van der Waals surface area contributed by atoms with Crippen LogP contribution in [0.3, 0.4) is 0 Å². The summed E-state index contributed by atoms with van der Waals surface area (Å²) in [5.74, 6) is 1.27. The zero-order chi connectivity index (χ0) is 12.3. The molecule has 1 aromatic heterocycles. The Morgan fingerprint density at radius 1 is 1.35 bits per heavy atom. The molecule has 0 atom stereocenters. The minimum Gasteiger partial charge on any atom is -0.315 e. The van der Waals surface area contributed by atoms with E-state index >= 15 is 0 Å². The van der Waals surface area contributed by atoms with Crippen LogP contribution in [-0.4, -0.2) is 35.5 Å². The maximum absolute atomic E-state index is 3.21. The number of nitrogens with one attached hydrogen (secondary N) is 1. The van der Waals surface area contributed by atoms with Gasteiger partial charge in [-0.05, 0) is 33.0 Å². The van der Waals surface area contributed by atoms with E-state index in [1.54, 1.807) is 0 Å². The summed E-state index contributed by atoms with van der Waals surface area (Å²) in [5.41, 5.74) is 0. The smallest absolute Gasteiger partial charge is 0.0328 e. The van der Waals surface area contributed by atoms with Gasteiger partial charge in [0.2, 0.25) is 0 Å². The van der Waals surface area contributed by atoms with Crippen molar-refractivity contribution in [3.05, 3.63) is 21.9 Å². The van der Waals surface area contributed by atoms with Crippen LogP contribution in [0.15, 0.2) is 12.1 Å². The molecule has 2 heterocycles. The van der Waals surface area contributed by atoms with Crippen LogP contribution in [-0.2, 0) is 13.1 Å². The number of hydrogen-bond donors (Lipinski definition) is 1. The van der Waals surface area contributed by atoms with Crippen molar-refractivity contribution in [2.24, 2.45) is 0 Å². The van der Waals surface area contributed by atoms with Crippen LogP contribution in [0, 0.1) is 0 Å². The minimum atomic E-state index is 0.420. The van der Waals surface area contributed by atoms with E-state index in [2.05, 4.69) is 48.0 Å². The van der Waals surface area contributed by atoms with E-state index in [0.717, 1.165) is 13.1 Å². The molecule has 17 heavy (non-hydrogen) atoms. The van der Waals surface area contributed by atoms with Crippen LogP contribution in [0.1, 0.15) is 23.6 Å². The average Bonchev–Trinajstić information content (AvgIpc) is 2.64. The standard InChI is InChI=1S/C13H22N2S2/c1-13(2)10-15(6-7-16-13)9-12-5-4-11(17-12)8-14-3/h4-5,14H,6-10H2,1-3H3. The lowest BCUT2D eigenvalue weighted by atomic mass is 10.2. The average molecular weight is 270 g/mol. The molecule has 1 fully saturated rings. The first-order valence-corrected chi connectivity index (χ1v) is 7.98. The van der Waals surface area contributed by atoms with Crippen LogP contribution in [0.5, 0.6) is 0 Å². The molecule has 0 spiro atoms. The second-order valence-corrected chi connectivity index (χ2v) is 8.27. The molecule has 0 saturated carbocycles. The Balaban J connectivity index is 1.91. The predicted molar refractivity (Wildman–Crippen MR) is 78.9 cm³/mol. The van der Waals surface area contributed by atoms with Gasteiger partial charge in [0.05, 0.1) is 0 Å². The van der Waals surface area contributed by atoms with E-state index in [1.807, 2.05) is 18.4 Å². The molecule has 0 amide bonds. The van der Waals surface area contributed by atoms with E-state index in [0.29, 0.717) is 4.75 Å². The minimum absolute atomic E-state index is 0.420. The van der Waals surface area contributed by atoms with Gasteiger partial charge in [0.25, 0.3) is 0 Å². The van der Waals surface area contributed by atoms with Crippen molar-refractivity contribution >= 4 is 23.1 Å². The summed E-state index contributed by atoms with van der Waals surface area (Å²) in [7, 11) is 2.00. The van der Waals surface area contributed by atoms with Crippen molar-refractivity contribution in [3.8, 4) is 0 Å². The Morgan fingerprint density at radius 2 is 2.12 bits per heavy atom. The molecule has 0 aliphatic carbocycles. The lowest BCUT2D eigenvalue weighted by Crippen LogP contribution is -2.42. The van der Waals surface area contributed by atoms with Crippen molar-refractivity contribution in [1.29, 1.82) is 0 Å². The van der Waals surface area contributed by atoms with Gasteiger partial charge in [-0.25, -0.2) is 0 Å². The van der Waals surface area contributed by atoms with Crippen molar-refractivity contribution < 1.29 is 0 Å². The third kappa shape index (κ3) is 3.98. The fraction of sp³-hybridized carbons (Fsp3) is 0.692. The fourth-order valence-corrected chi connectivity index (χ4v) is 4.49. The number of thiophene rings is 1. The Hall–Kier alpha value is -0.0300. The lowest BCUT2D eigenvalue weighted by molar-refractivity contribution is 0.254. The molecular formula is C13H22N2S2. The highest BCUT2D eigenvalue weighted by Gasteiger charge is 2.26. The summed E-state index contributed by atoms with van der Waals surface area (Å²) >= 11 is 4.04. The second-order valence-electron chi connectivity index (χ2n) is 5.22. The van der Waals surface area contributed by atoms with Crippen molar-refractivity contribution in [2.75, 3.05) is 25.9 Å². The van der Waals surface area contributed by atoms with Gasteiger partial charge < -0.3 is 5.32 Å². The van der Waals surface area contributed by atoms with E-state index < -0.39 is 0 Å². The Kier molecular flexibility index (Phi) is 4.53. The first-order valence-electron chi connectivity index (χ1n) is 6.17. The Morgan fingerprint density at radius 3 is 2.82 bits per heavy atom. The van der Waals surface area contributed by atoms with Crippen LogP contribution in [0.4, 0.5) is 0 Å². The molecule has 1 aliphatic rings. The summed E-state index contributed by atoms with van der Waals surface area (Å²) in [6.07, 6.45) is 0. The van der Waals surface area contributed by atoms with Gasteiger partial charge in [0.15, 0.2) is 0 Å². The van der Waals surface area contributed by atoms with Gasteiger partial charge in [0, 0.05) is 46.4 Å². The number of hydrogen-bond acceptors (Lipinski definition) is 4. The van der Waals surface area contributed by atoms with Crippen molar-refractivity contribution in [2.45, 2.75) is 31.7 Å². The first kappa shape index (κ1) is 13.4. The Labute approximate surface area is 113 Å². The van der Waals surface area contributed by atoms with Crippen LogP contribution in [0.2, 0.25) is 0 Å². The highest BCUT2D eigenvalue weighted by Crippen LogP contribution is 2.30. The van der Waals surface area contributed by atoms with Crippen LogP contribution < -0.4 is 5.32 Å². The highest BCUT2D eigenvalue weighted by molar-refractivity contribution is 8.00. The van der Waals surface area contributed by atoms with E-state index in [4.69, 9.17) is 0 Å². The number of rotatable bonds is 4. The normalized spacial score (nSPS) is 20.6. The SMILES string of the molecule is CNCc1ccc(CN2CCSC(C)(C)C2)s1. The van der Waals surface area contributed by atoms with Crippen LogP contribution in [0.25, 0.3) is 0 Å². The molecule has 0 unspecified atom stereocenters. The Bertz CT molecular complexity index is 360. The van der Waals surface area contributed by atoms with Crippen LogP contribution >= 0.6 is 23.1 Å². The molecular weight excluding hydrogens is 248 g/mol. The molecule has 2 rings (SSSR count). The van der Waals surface area contributed by atoms with Crippen molar-refractivity contribution in [1.82, 2.24) is 10.2 Å². The van der Waals surface area contributed by atoms with Gasteiger partial charge in [-0.1, -0.05) is 0 Å². The number of nitrogens with zero attached hydrogens (tertiary/aromatic N) is 1. The molecule has 96 valence electrons. The van der Waals surface area contributed by atoms with Gasteiger partial charge >= 0.3 is 0 Å². The third-order valence-electron chi connectivity index (χ3n) is 2.95. The topological polar surface area (TPSA) is 15.3 Å². The van der Waals surface area contributed by atoms with Crippen molar-refractivity contribution in [3.63, 3.8) is 0 Å². The first-order chi connectivity index (χ1) is 8.09. The maximum Gasteiger partial charge on any atom is 0.0328 e. The van der Waals surface area contributed by atoms with Gasteiger partial charge in [0.1, 0.15) is 0 Å². The van der Waals surface area contributed by atoms with Gasteiger partial charge in [-0.3, -0.25) is 4.90 Å². The summed E-state index contributed by atoms with van der Waals surface area (Å²) < 4.78 is 0.420. The summed E-state index contributed by atoms with van der Waals surface area (Å²) in [5, 5.41) is 3.21. The maximum atomic E-state index is 3.21. The van der Waals surface area contributed by atoms with E-state index in [1.165, 1.54) is 28.6 Å². The molecule has 0 bridgehead atoms. The molecule has 1 aliphatic heterocycles. The zero-order valence-electron chi connectivity index (χ0n) is 11.0. The monoisotopic (exact) mass is 270 g/mol. The zero-order valence-corrected chi connectivity index (χ0v) is 12.6. The molecule has 2 nitrogen and oxygen atoms in total. The molecule has 1 aromatic rings. The van der Waals surface area contributed by atoms with Gasteiger partial charge in [-0.15, -0.1) is 11.3 Å². The predicted octanol–water partition coefficient (Wildman–Crippen LogP) is 2.79. The molecule has 1 N–H and O–H groups in total. The third-order valence-corrected chi connectivity index (χ3v) is 5.32. The molecule has 1 saturated heterocycles. The second kappa shape index (κ2) is 5.74. The summed E-state index contributed by atoms with van der Waals surface area (Å²) in [6, 6.07) is 4.53. The number of thioether (sulfide) groups is 1. The van der Waals surface area contributed by atoms with Gasteiger partial charge in [-0.2, -0.15) is 11.8 Å². The van der Waals surface area contributed by atoms with E-state index in [-0.39, 0.29) is 0 Å². The van der Waals surface area contributed by atoms with E-state index in [9.17, 15) is 0 Å². The quantitative estimate of drug-likeness (QED) is 0.906. The molecule has 4 heteroatoms. The summed E-state index contributed by atoms with van der Waals surface area (Å²) in [6.45, 7) is 9.25. The highest BCUT2D eigenvalue weighted by atomic mass is 32.2. The lowest BCUT2D eigenvalue weighted by Gasteiger charge is -2.37. The largest absolute Gasteiger partial charge is 0.315 e. The summed E-state index contributed by atoms with van der Waals surface area (Å²) in [4.78, 5) is 5.52. The molecule has 0 aromatic carbocycles.